The summed E-state index contributed by atoms with van der Waals surface area (Å²) in [5, 5.41) is 6.57. The second kappa shape index (κ2) is 4.97. The molecule has 1 rings (SSSR count). The Morgan fingerprint density at radius 2 is 2.06 bits per heavy atom. The van der Waals surface area contributed by atoms with Crippen molar-refractivity contribution < 1.29 is 8.42 Å². The van der Waals surface area contributed by atoms with Gasteiger partial charge in [0.2, 0.25) is 10.0 Å². The summed E-state index contributed by atoms with van der Waals surface area (Å²) in [5.41, 5.74) is 1.09. The van der Waals surface area contributed by atoms with E-state index < -0.39 is 10.0 Å². The number of hydrogen-bond acceptors (Lipinski definition) is 3. The summed E-state index contributed by atoms with van der Waals surface area (Å²) in [7, 11) is -3.44. The highest BCUT2D eigenvalue weighted by Gasteiger charge is 2.23. The van der Waals surface area contributed by atoms with Gasteiger partial charge in [0.25, 0.3) is 0 Å². The highest BCUT2D eigenvalue weighted by atomic mass is 32.2. The lowest BCUT2D eigenvalue weighted by atomic mass is 10.2. The average molecular weight is 245 g/mol. The number of nitrogens with one attached hydrogen (secondary N) is 2. The molecule has 6 heteroatoms. The molecule has 0 bridgehead atoms. The van der Waals surface area contributed by atoms with E-state index in [2.05, 4.69) is 14.9 Å². The smallest absolute Gasteiger partial charge is 0.244 e. The van der Waals surface area contributed by atoms with E-state index in [1.807, 2.05) is 13.8 Å². The van der Waals surface area contributed by atoms with E-state index in [-0.39, 0.29) is 10.9 Å². The normalized spacial score (nSPS) is 14.0. The number of hydrogen-bond donors (Lipinski definition) is 2. The lowest BCUT2D eigenvalue weighted by Crippen LogP contribution is -2.33. The molecule has 0 aromatic carbocycles. The van der Waals surface area contributed by atoms with E-state index in [0.29, 0.717) is 11.4 Å². The van der Waals surface area contributed by atoms with Crippen LogP contribution in [-0.2, 0) is 10.0 Å². The van der Waals surface area contributed by atoms with Gasteiger partial charge in [-0.25, -0.2) is 13.1 Å². The van der Waals surface area contributed by atoms with Gasteiger partial charge in [-0.05, 0) is 27.2 Å². The molecule has 1 heterocycles. The molecule has 0 fully saturated rings. The lowest BCUT2D eigenvalue weighted by molar-refractivity contribution is 0.543. The first-order valence-corrected chi connectivity index (χ1v) is 6.90. The fourth-order valence-corrected chi connectivity index (χ4v) is 3.40. The van der Waals surface area contributed by atoms with Gasteiger partial charge in [0.1, 0.15) is 4.90 Å². The Morgan fingerprint density at radius 3 is 2.50 bits per heavy atom. The molecule has 0 spiro atoms. The number of rotatable bonds is 5. The number of H-pyrrole nitrogens is 1. The van der Waals surface area contributed by atoms with E-state index in [0.717, 1.165) is 12.8 Å². The molecule has 0 aliphatic rings. The van der Waals surface area contributed by atoms with E-state index in [4.69, 9.17) is 0 Å². The van der Waals surface area contributed by atoms with Gasteiger partial charge in [-0.15, -0.1) is 0 Å². The van der Waals surface area contributed by atoms with Gasteiger partial charge in [0.15, 0.2) is 0 Å². The predicted octanol–water partition coefficient (Wildman–Crippen LogP) is 1.49. The van der Waals surface area contributed by atoms with Crippen molar-refractivity contribution in [3.63, 3.8) is 0 Å². The molecule has 5 nitrogen and oxygen atoms in total. The van der Waals surface area contributed by atoms with Gasteiger partial charge in [0, 0.05) is 6.04 Å². The van der Waals surface area contributed by atoms with E-state index in [9.17, 15) is 8.42 Å². The van der Waals surface area contributed by atoms with Crippen molar-refractivity contribution in [2.45, 2.75) is 51.5 Å². The maximum atomic E-state index is 12.0. The lowest BCUT2D eigenvalue weighted by Gasteiger charge is -2.13. The Morgan fingerprint density at radius 1 is 1.44 bits per heavy atom. The van der Waals surface area contributed by atoms with Gasteiger partial charge in [-0.1, -0.05) is 13.3 Å². The van der Waals surface area contributed by atoms with E-state index in [1.54, 1.807) is 13.8 Å². The molecule has 16 heavy (non-hydrogen) atoms. The van der Waals surface area contributed by atoms with Crippen LogP contribution in [0.1, 0.15) is 38.1 Å². The van der Waals surface area contributed by atoms with Crippen molar-refractivity contribution in [3.8, 4) is 0 Å². The SMILES string of the molecule is CCCC(C)NS(=O)(=O)c1c(C)n[nH]c1C. The highest BCUT2D eigenvalue weighted by Crippen LogP contribution is 2.17. The summed E-state index contributed by atoms with van der Waals surface area (Å²) in [4.78, 5) is 0.274. The molecule has 0 saturated heterocycles. The molecule has 1 unspecified atom stereocenters. The molecule has 0 aliphatic carbocycles. The van der Waals surface area contributed by atoms with Crippen LogP contribution < -0.4 is 4.72 Å². The Balaban J connectivity index is 2.95. The molecule has 0 radical (unpaired) electrons. The number of nitrogens with zero attached hydrogens (tertiary/aromatic N) is 1. The third-order valence-corrected chi connectivity index (χ3v) is 4.26. The molecule has 1 aromatic heterocycles. The molecular formula is C10H19N3O2S. The molecular weight excluding hydrogens is 226 g/mol. The second-order valence-electron chi connectivity index (χ2n) is 4.07. The first-order chi connectivity index (χ1) is 7.38. The highest BCUT2D eigenvalue weighted by molar-refractivity contribution is 7.89. The molecule has 0 amide bonds. The minimum Gasteiger partial charge on any atom is -0.281 e. The summed E-state index contributed by atoms with van der Waals surface area (Å²) in [6, 6.07) is -0.0521. The van der Waals surface area contributed by atoms with Crippen LogP contribution in [0.2, 0.25) is 0 Å². The molecule has 2 N–H and O–H groups in total. The fourth-order valence-electron chi connectivity index (χ4n) is 1.75. The maximum absolute atomic E-state index is 12.0. The van der Waals surface area contributed by atoms with E-state index in [1.165, 1.54) is 0 Å². The minimum atomic E-state index is -3.44. The standard InChI is InChI=1S/C10H19N3O2S/c1-5-6-7(2)13-16(14,15)10-8(3)11-12-9(10)4/h7,13H,5-6H2,1-4H3,(H,11,12). The van der Waals surface area contributed by atoms with Crippen molar-refractivity contribution in [2.24, 2.45) is 0 Å². The maximum Gasteiger partial charge on any atom is 0.244 e. The summed E-state index contributed by atoms with van der Waals surface area (Å²) < 4.78 is 26.8. The quantitative estimate of drug-likeness (QED) is 0.825. The zero-order valence-corrected chi connectivity index (χ0v) is 11.0. The van der Waals surface area contributed by atoms with Crippen molar-refractivity contribution >= 4 is 10.0 Å². The summed E-state index contributed by atoms with van der Waals surface area (Å²) >= 11 is 0. The Bertz CT molecular complexity index is 431. The number of aromatic nitrogens is 2. The number of aryl methyl sites for hydroxylation is 2. The van der Waals surface area contributed by atoms with Crippen LogP contribution in [0.15, 0.2) is 4.90 Å². The largest absolute Gasteiger partial charge is 0.281 e. The zero-order chi connectivity index (χ0) is 12.3. The summed E-state index contributed by atoms with van der Waals surface area (Å²) in [6.45, 7) is 7.28. The third-order valence-electron chi connectivity index (χ3n) is 2.41. The average Bonchev–Trinajstić information content (AvgIpc) is 2.45. The first-order valence-electron chi connectivity index (χ1n) is 5.42. The van der Waals surface area contributed by atoms with Crippen LogP contribution in [0.25, 0.3) is 0 Å². The van der Waals surface area contributed by atoms with Crippen molar-refractivity contribution in [1.29, 1.82) is 0 Å². The van der Waals surface area contributed by atoms with Gasteiger partial charge in [-0.2, -0.15) is 5.10 Å². The van der Waals surface area contributed by atoms with Crippen LogP contribution in [0.5, 0.6) is 0 Å². The molecule has 0 saturated carbocycles. The van der Waals surface area contributed by atoms with E-state index >= 15 is 0 Å². The van der Waals surface area contributed by atoms with Crippen LogP contribution in [0.3, 0.4) is 0 Å². The van der Waals surface area contributed by atoms with Crippen LogP contribution >= 0.6 is 0 Å². The first kappa shape index (κ1) is 13.2. The Labute approximate surface area is 96.7 Å². The van der Waals surface area contributed by atoms with Crippen LogP contribution in [-0.4, -0.2) is 24.7 Å². The van der Waals surface area contributed by atoms with Crippen LogP contribution in [0.4, 0.5) is 0 Å². The molecule has 1 aromatic rings. The fraction of sp³-hybridized carbons (Fsp3) is 0.700. The minimum absolute atomic E-state index is 0.0521. The zero-order valence-electron chi connectivity index (χ0n) is 10.2. The number of aromatic amines is 1. The van der Waals surface area contributed by atoms with Crippen LogP contribution in [0, 0.1) is 13.8 Å². The van der Waals surface area contributed by atoms with Crippen molar-refractivity contribution in [2.75, 3.05) is 0 Å². The van der Waals surface area contributed by atoms with Gasteiger partial charge in [-0.3, -0.25) is 5.10 Å². The molecule has 92 valence electrons. The number of sulfonamides is 1. The Hall–Kier alpha value is -0.880. The predicted molar refractivity (Wildman–Crippen MR) is 62.8 cm³/mol. The topological polar surface area (TPSA) is 74.8 Å². The van der Waals surface area contributed by atoms with Crippen molar-refractivity contribution in [1.82, 2.24) is 14.9 Å². The van der Waals surface area contributed by atoms with Crippen molar-refractivity contribution in [3.05, 3.63) is 11.4 Å². The Kier molecular flexibility index (Phi) is 4.09. The van der Waals surface area contributed by atoms with Gasteiger partial charge >= 0.3 is 0 Å². The summed E-state index contributed by atoms with van der Waals surface area (Å²) in [5.74, 6) is 0. The third kappa shape index (κ3) is 2.82. The monoisotopic (exact) mass is 245 g/mol. The van der Waals surface area contributed by atoms with Gasteiger partial charge < -0.3 is 0 Å². The van der Waals surface area contributed by atoms with Gasteiger partial charge in [0.05, 0.1) is 11.4 Å². The second-order valence-corrected chi connectivity index (χ2v) is 5.72. The molecule has 0 aliphatic heterocycles. The molecule has 1 atom stereocenters. The summed E-state index contributed by atoms with van der Waals surface area (Å²) in [6.07, 6.45) is 1.78.